The number of imidazole rings is 1. The molecule has 1 atom stereocenters. The van der Waals surface area contributed by atoms with Crippen LogP contribution in [0, 0.1) is 6.92 Å². The molecule has 0 aliphatic carbocycles. The summed E-state index contributed by atoms with van der Waals surface area (Å²) in [6.07, 6.45) is 2.88. The third-order valence-electron chi connectivity index (χ3n) is 3.17. The van der Waals surface area contributed by atoms with Crippen LogP contribution in [0.15, 0.2) is 12.3 Å². The van der Waals surface area contributed by atoms with Gasteiger partial charge in [0, 0.05) is 19.2 Å². The number of esters is 1. The molecule has 21 heavy (non-hydrogen) atoms. The minimum Gasteiger partial charge on any atom is -0.466 e. The summed E-state index contributed by atoms with van der Waals surface area (Å²) in [5.41, 5.74) is 2.72. The maximum Gasteiger partial charge on any atom is 0.305 e. The molecule has 0 aliphatic rings. The van der Waals surface area contributed by atoms with Crippen molar-refractivity contribution in [1.82, 2.24) is 14.5 Å². The van der Waals surface area contributed by atoms with E-state index in [1.54, 1.807) is 6.92 Å². The van der Waals surface area contributed by atoms with Crippen LogP contribution in [-0.2, 0) is 16.1 Å². The van der Waals surface area contributed by atoms with Gasteiger partial charge in [0.15, 0.2) is 5.65 Å². The van der Waals surface area contributed by atoms with Crippen LogP contribution in [0.25, 0.3) is 11.2 Å². The lowest BCUT2D eigenvalue weighted by Gasteiger charge is -2.09. The van der Waals surface area contributed by atoms with E-state index in [0.29, 0.717) is 26.0 Å². The maximum absolute atomic E-state index is 11.4. The molecule has 5 nitrogen and oxygen atoms in total. The Labute approximate surface area is 129 Å². The van der Waals surface area contributed by atoms with E-state index in [1.165, 1.54) is 0 Å². The van der Waals surface area contributed by atoms with Crippen molar-refractivity contribution in [2.75, 3.05) is 6.61 Å². The highest BCUT2D eigenvalue weighted by Gasteiger charge is 2.16. The zero-order valence-electron chi connectivity index (χ0n) is 12.6. The molecule has 0 amide bonds. The number of carbonyl (C=O) groups is 1. The van der Waals surface area contributed by atoms with Gasteiger partial charge in [0.25, 0.3) is 0 Å². The number of aromatic nitrogens is 3. The summed E-state index contributed by atoms with van der Waals surface area (Å²) in [5.74, 6) is 0.611. The predicted molar refractivity (Wildman–Crippen MR) is 82.4 cm³/mol. The van der Waals surface area contributed by atoms with Crippen molar-refractivity contribution in [2.24, 2.45) is 0 Å². The predicted octanol–water partition coefficient (Wildman–Crippen LogP) is 3.38. The lowest BCUT2D eigenvalue weighted by molar-refractivity contribution is -0.143. The summed E-state index contributed by atoms with van der Waals surface area (Å²) in [6, 6.07) is 1.99. The standard InChI is InChI=1S/C15H20ClN3O2/c1-4-21-13(20)6-5-7-19-14(11(3)16)18-12-8-10(2)9-17-15(12)19/h8-9,11H,4-7H2,1-3H3. The van der Waals surface area contributed by atoms with Crippen molar-refractivity contribution in [2.45, 2.75) is 45.5 Å². The molecule has 0 saturated carbocycles. The van der Waals surface area contributed by atoms with Crippen molar-refractivity contribution in [3.63, 3.8) is 0 Å². The SMILES string of the molecule is CCOC(=O)CCCn1c(C(C)Cl)nc2cc(C)cnc21. The third-order valence-corrected chi connectivity index (χ3v) is 3.37. The smallest absolute Gasteiger partial charge is 0.305 e. The number of carbonyl (C=O) groups excluding carboxylic acids is 1. The lowest BCUT2D eigenvalue weighted by Crippen LogP contribution is -2.09. The Hall–Kier alpha value is -1.62. The van der Waals surface area contributed by atoms with Gasteiger partial charge in [-0.2, -0.15) is 0 Å². The zero-order valence-corrected chi connectivity index (χ0v) is 13.4. The Morgan fingerprint density at radius 1 is 1.52 bits per heavy atom. The fourth-order valence-corrected chi connectivity index (χ4v) is 2.43. The van der Waals surface area contributed by atoms with Crippen LogP contribution < -0.4 is 0 Å². The van der Waals surface area contributed by atoms with Crippen LogP contribution in [0.5, 0.6) is 0 Å². The molecule has 0 fully saturated rings. The molecular weight excluding hydrogens is 290 g/mol. The summed E-state index contributed by atoms with van der Waals surface area (Å²) in [4.78, 5) is 20.4. The van der Waals surface area contributed by atoms with Crippen LogP contribution in [0.3, 0.4) is 0 Å². The number of halogens is 1. The Kier molecular flexibility index (Phi) is 5.17. The van der Waals surface area contributed by atoms with E-state index < -0.39 is 0 Å². The van der Waals surface area contributed by atoms with E-state index in [2.05, 4.69) is 9.97 Å². The minimum atomic E-state index is -0.206. The first-order chi connectivity index (χ1) is 10.0. The first-order valence-corrected chi connectivity index (χ1v) is 7.59. The first-order valence-electron chi connectivity index (χ1n) is 7.15. The molecule has 0 aromatic carbocycles. The van der Waals surface area contributed by atoms with Gasteiger partial charge >= 0.3 is 5.97 Å². The van der Waals surface area contributed by atoms with Gasteiger partial charge in [-0.3, -0.25) is 4.79 Å². The number of ether oxygens (including phenoxy) is 1. The second-order valence-corrected chi connectivity index (χ2v) is 5.66. The van der Waals surface area contributed by atoms with Crippen molar-refractivity contribution in [1.29, 1.82) is 0 Å². The van der Waals surface area contributed by atoms with Crippen LogP contribution in [0.2, 0.25) is 0 Å². The second kappa shape index (κ2) is 6.89. The number of fused-ring (bicyclic) bond motifs is 1. The quantitative estimate of drug-likeness (QED) is 0.606. The zero-order chi connectivity index (χ0) is 15.4. The van der Waals surface area contributed by atoms with E-state index in [0.717, 1.165) is 22.6 Å². The van der Waals surface area contributed by atoms with Gasteiger partial charge in [0.05, 0.1) is 12.0 Å². The van der Waals surface area contributed by atoms with E-state index in [-0.39, 0.29) is 11.3 Å². The minimum absolute atomic E-state index is 0.175. The summed E-state index contributed by atoms with van der Waals surface area (Å²) in [5, 5.41) is -0.206. The van der Waals surface area contributed by atoms with Crippen molar-refractivity contribution in [3.8, 4) is 0 Å². The molecule has 0 aliphatic heterocycles. The largest absolute Gasteiger partial charge is 0.466 e. The summed E-state index contributed by atoms with van der Waals surface area (Å²) in [7, 11) is 0. The van der Waals surface area contributed by atoms with Gasteiger partial charge in [-0.15, -0.1) is 11.6 Å². The number of hydrogen-bond acceptors (Lipinski definition) is 4. The average Bonchev–Trinajstić information content (AvgIpc) is 2.77. The van der Waals surface area contributed by atoms with Crippen molar-refractivity contribution >= 4 is 28.7 Å². The van der Waals surface area contributed by atoms with Gasteiger partial charge in [0.2, 0.25) is 0 Å². The summed E-state index contributed by atoms with van der Waals surface area (Å²) in [6.45, 7) is 6.74. The number of hydrogen-bond donors (Lipinski definition) is 0. The second-order valence-electron chi connectivity index (χ2n) is 5.00. The highest BCUT2D eigenvalue weighted by atomic mass is 35.5. The number of alkyl halides is 1. The third kappa shape index (κ3) is 3.73. The molecular formula is C15H20ClN3O2. The molecule has 6 heteroatoms. The van der Waals surface area contributed by atoms with Crippen LogP contribution in [-0.4, -0.2) is 27.1 Å². The van der Waals surface area contributed by atoms with Crippen LogP contribution in [0.4, 0.5) is 0 Å². The molecule has 114 valence electrons. The molecule has 2 aromatic heterocycles. The Balaban J connectivity index is 2.20. The molecule has 0 N–H and O–H groups in total. The van der Waals surface area contributed by atoms with Gasteiger partial charge in [-0.1, -0.05) is 0 Å². The van der Waals surface area contributed by atoms with Gasteiger partial charge in [-0.25, -0.2) is 9.97 Å². The molecule has 1 unspecified atom stereocenters. The molecule has 2 aromatic rings. The van der Waals surface area contributed by atoms with Gasteiger partial charge in [0.1, 0.15) is 11.3 Å². The molecule has 0 radical (unpaired) electrons. The monoisotopic (exact) mass is 309 g/mol. The fourth-order valence-electron chi connectivity index (χ4n) is 2.27. The molecule has 0 spiro atoms. The van der Waals surface area contributed by atoms with E-state index in [1.807, 2.05) is 30.7 Å². The first kappa shape index (κ1) is 15.8. The van der Waals surface area contributed by atoms with E-state index in [9.17, 15) is 4.79 Å². The van der Waals surface area contributed by atoms with Crippen LogP contribution >= 0.6 is 11.6 Å². The van der Waals surface area contributed by atoms with Crippen molar-refractivity contribution < 1.29 is 9.53 Å². The number of aryl methyl sites for hydroxylation is 2. The van der Waals surface area contributed by atoms with E-state index >= 15 is 0 Å². The molecule has 2 heterocycles. The summed E-state index contributed by atoms with van der Waals surface area (Å²) >= 11 is 6.21. The Bertz CT molecular complexity index is 637. The number of rotatable bonds is 6. The molecule has 0 bridgehead atoms. The maximum atomic E-state index is 11.4. The lowest BCUT2D eigenvalue weighted by atomic mass is 10.3. The normalized spacial score (nSPS) is 12.6. The topological polar surface area (TPSA) is 57.0 Å². The highest BCUT2D eigenvalue weighted by molar-refractivity contribution is 6.20. The molecule has 0 saturated heterocycles. The van der Waals surface area contributed by atoms with E-state index in [4.69, 9.17) is 16.3 Å². The Morgan fingerprint density at radius 3 is 2.95 bits per heavy atom. The molecule has 2 rings (SSSR count). The summed E-state index contributed by atoms with van der Waals surface area (Å²) < 4.78 is 6.93. The van der Waals surface area contributed by atoms with Gasteiger partial charge < -0.3 is 9.30 Å². The number of pyridine rings is 1. The highest BCUT2D eigenvalue weighted by Crippen LogP contribution is 2.24. The fraction of sp³-hybridized carbons (Fsp3) is 0.533. The van der Waals surface area contributed by atoms with Crippen molar-refractivity contribution in [3.05, 3.63) is 23.7 Å². The average molecular weight is 310 g/mol. The van der Waals surface area contributed by atoms with Gasteiger partial charge in [-0.05, 0) is 38.8 Å². The number of nitrogens with zero attached hydrogens (tertiary/aromatic N) is 3. The Morgan fingerprint density at radius 2 is 2.29 bits per heavy atom. The van der Waals surface area contributed by atoms with Crippen LogP contribution in [0.1, 0.15) is 43.5 Å².